The minimum absolute atomic E-state index is 0.0168. The van der Waals surface area contributed by atoms with Gasteiger partial charge in [-0.25, -0.2) is 4.57 Å². The molecule has 0 rings (SSSR count). The highest BCUT2D eigenvalue weighted by Crippen LogP contribution is 2.43. The number of ether oxygens (including phenoxy) is 2. The molecular formula is C58H103O9P. The van der Waals surface area contributed by atoms with E-state index in [1.807, 2.05) is 0 Å². The van der Waals surface area contributed by atoms with Crippen molar-refractivity contribution in [2.75, 3.05) is 33.0 Å². The van der Waals surface area contributed by atoms with Crippen LogP contribution >= 0.6 is 7.82 Å². The Kier molecular flexibility index (Phi) is 52.1. The Morgan fingerprint density at radius 3 is 1.24 bits per heavy atom. The average Bonchev–Trinajstić information content (AvgIpc) is 3.33. The van der Waals surface area contributed by atoms with Crippen LogP contribution in [0.25, 0.3) is 0 Å². The second kappa shape index (κ2) is 54.0. The number of aliphatic hydroxyl groups excluding tert-OH is 2. The molecule has 3 atom stereocenters. The summed E-state index contributed by atoms with van der Waals surface area (Å²) in [4.78, 5) is 22.7. The largest absolute Gasteiger partial charge is 0.472 e. The van der Waals surface area contributed by atoms with Crippen LogP contribution in [0, 0.1) is 0 Å². The molecule has 0 aromatic heterocycles. The lowest BCUT2D eigenvalue weighted by Crippen LogP contribution is -2.29. The van der Waals surface area contributed by atoms with Crippen molar-refractivity contribution >= 4 is 13.8 Å². The number of carbonyl (C=O) groups excluding carboxylic acids is 1. The van der Waals surface area contributed by atoms with Gasteiger partial charge in [-0.05, 0) is 70.6 Å². The molecule has 0 bridgehead atoms. The van der Waals surface area contributed by atoms with Crippen LogP contribution in [0.3, 0.4) is 0 Å². The molecule has 394 valence electrons. The number of phosphoric ester groups is 1. The van der Waals surface area contributed by atoms with Crippen molar-refractivity contribution in [2.45, 2.75) is 244 Å². The molecule has 0 aliphatic carbocycles. The molecule has 0 aliphatic rings. The third-order valence-electron chi connectivity index (χ3n) is 11.6. The molecule has 9 nitrogen and oxygen atoms in total. The van der Waals surface area contributed by atoms with E-state index in [0.29, 0.717) is 6.61 Å². The Labute approximate surface area is 417 Å². The standard InChI is InChI=1S/C58H103O9P/c1-3-5-7-9-11-13-15-17-19-21-23-25-27-29-31-33-35-37-39-41-43-45-47-49-51-64-54-57(55-66-68(62,63)65-53-56(60)52-59)67-58(61)50-48-46-44-42-40-38-36-34-32-30-28-26-24-22-20-18-16-14-12-10-8-6-4-2/h5,7,11,13,17,19,23,25,29,31,35,37,41,43,56-57,59-60H,3-4,6,8-10,12,14-16,18,20-22,24,26-28,30,32-34,36,38-40,42,44-55H2,1-2H3,(H,62,63)/b7-5-,13-11-,19-17-,25-23-,31-29-,37-35-,43-41-. The van der Waals surface area contributed by atoms with Gasteiger partial charge in [-0.2, -0.15) is 0 Å². The fourth-order valence-corrected chi connectivity index (χ4v) is 8.24. The normalized spacial score (nSPS) is 14.4. The van der Waals surface area contributed by atoms with Crippen LogP contribution in [0.15, 0.2) is 85.1 Å². The van der Waals surface area contributed by atoms with Gasteiger partial charge in [0.05, 0.1) is 26.4 Å². The number of allylic oxidation sites excluding steroid dienone is 14. The predicted octanol–water partition coefficient (Wildman–Crippen LogP) is 16.6. The third kappa shape index (κ3) is 53.0. The Bertz CT molecular complexity index is 1340. The van der Waals surface area contributed by atoms with Crippen molar-refractivity contribution in [1.82, 2.24) is 0 Å². The van der Waals surface area contributed by atoms with Crippen molar-refractivity contribution in [1.29, 1.82) is 0 Å². The summed E-state index contributed by atoms with van der Waals surface area (Å²) in [6, 6.07) is 0. The summed E-state index contributed by atoms with van der Waals surface area (Å²) in [7, 11) is -4.54. The number of hydrogen-bond acceptors (Lipinski definition) is 8. The first kappa shape index (κ1) is 65.6. The van der Waals surface area contributed by atoms with Crippen molar-refractivity contribution in [2.24, 2.45) is 0 Å². The Hall–Kier alpha value is -2.36. The lowest BCUT2D eigenvalue weighted by molar-refractivity contribution is -0.154. The predicted molar refractivity (Wildman–Crippen MR) is 288 cm³/mol. The lowest BCUT2D eigenvalue weighted by atomic mass is 10.0. The van der Waals surface area contributed by atoms with E-state index in [-0.39, 0.29) is 13.0 Å². The smallest absolute Gasteiger partial charge is 0.457 e. The van der Waals surface area contributed by atoms with Crippen LogP contribution in [-0.4, -0.2) is 66.3 Å². The maximum absolute atomic E-state index is 12.7. The molecule has 0 aromatic rings. The van der Waals surface area contributed by atoms with E-state index in [9.17, 15) is 19.4 Å². The quantitative estimate of drug-likeness (QED) is 0.0236. The van der Waals surface area contributed by atoms with Gasteiger partial charge in [0.1, 0.15) is 12.2 Å². The van der Waals surface area contributed by atoms with Gasteiger partial charge in [-0.3, -0.25) is 13.8 Å². The number of rotatable bonds is 52. The molecule has 0 aliphatic heterocycles. The first-order valence-corrected chi connectivity index (χ1v) is 29.1. The van der Waals surface area contributed by atoms with E-state index >= 15 is 0 Å². The van der Waals surface area contributed by atoms with Crippen LogP contribution in [0.1, 0.15) is 232 Å². The maximum Gasteiger partial charge on any atom is 0.472 e. The molecule has 0 amide bonds. The van der Waals surface area contributed by atoms with E-state index in [4.69, 9.17) is 23.6 Å². The van der Waals surface area contributed by atoms with E-state index in [0.717, 1.165) is 83.5 Å². The summed E-state index contributed by atoms with van der Waals surface area (Å²) in [6.45, 7) is 3.32. The number of hydrogen-bond donors (Lipinski definition) is 3. The zero-order valence-electron chi connectivity index (χ0n) is 43.6. The van der Waals surface area contributed by atoms with Gasteiger partial charge in [-0.1, -0.05) is 240 Å². The van der Waals surface area contributed by atoms with E-state index < -0.39 is 45.8 Å². The number of unbranched alkanes of at least 4 members (excludes halogenated alkanes) is 24. The highest BCUT2D eigenvalue weighted by atomic mass is 31.2. The van der Waals surface area contributed by atoms with Crippen molar-refractivity contribution < 1.29 is 43.0 Å². The lowest BCUT2D eigenvalue weighted by Gasteiger charge is -2.20. The van der Waals surface area contributed by atoms with Crippen LogP contribution in [0.2, 0.25) is 0 Å². The topological polar surface area (TPSA) is 132 Å². The molecule has 0 saturated carbocycles. The minimum atomic E-state index is -4.54. The Balaban J connectivity index is 4.13. The molecule has 68 heavy (non-hydrogen) atoms. The van der Waals surface area contributed by atoms with Crippen molar-refractivity contribution in [3.8, 4) is 0 Å². The summed E-state index contributed by atoms with van der Waals surface area (Å²) in [5, 5.41) is 18.4. The molecular weight excluding hydrogens is 872 g/mol. The Morgan fingerprint density at radius 1 is 0.471 bits per heavy atom. The highest BCUT2D eigenvalue weighted by molar-refractivity contribution is 7.47. The first-order valence-electron chi connectivity index (χ1n) is 27.6. The summed E-state index contributed by atoms with van der Waals surface area (Å²) < 4.78 is 33.5. The van der Waals surface area contributed by atoms with Crippen LogP contribution in [0.4, 0.5) is 0 Å². The van der Waals surface area contributed by atoms with Crippen LogP contribution in [-0.2, 0) is 27.9 Å². The number of aliphatic hydroxyl groups is 2. The van der Waals surface area contributed by atoms with E-state index in [2.05, 4.69) is 98.9 Å². The molecule has 0 aromatic carbocycles. The van der Waals surface area contributed by atoms with E-state index in [1.165, 1.54) is 128 Å². The van der Waals surface area contributed by atoms with Crippen LogP contribution in [0.5, 0.6) is 0 Å². The van der Waals surface area contributed by atoms with Gasteiger partial charge in [0.15, 0.2) is 0 Å². The number of esters is 1. The zero-order valence-corrected chi connectivity index (χ0v) is 44.4. The first-order chi connectivity index (χ1) is 33.3. The van der Waals surface area contributed by atoms with Crippen molar-refractivity contribution in [3.05, 3.63) is 85.1 Å². The van der Waals surface area contributed by atoms with Crippen molar-refractivity contribution in [3.63, 3.8) is 0 Å². The fourth-order valence-electron chi connectivity index (χ4n) is 7.46. The van der Waals surface area contributed by atoms with Gasteiger partial charge in [0.25, 0.3) is 0 Å². The monoisotopic (exact) mass is 975 g/mol. The maximum atomic E-state index is 12.7. The molecule has 0 radical (unpaired) electrons. The third-order valence-corrected chi connectivity index (χ3v) is 12.5. The molecule has 3 N–H and O–H groups in total. The molecule has 0 fully saturated rings. The molecule has 0 saturated heterocycles. The second-order valence-corrected chi connectivity index (χ2v) is 19.7. The van der Waals surface area contributed by atoms with Gasteiger partial charge in [-0.15, -0.1) is 0 Å². The fraction of sp³-hybridized carbons (Fsp3) is 0.741. The molecule has 3 unspecified atom stereocenters. The highest BCUT2D eigenvalue weighted by Gasteiger charge is 2.26. The van der Waals surface area contributed by atoms with Gasteiger partial charge in [0.2, 0.25) is 0 Å². The molecule has 0 spiro atoms. The second-order valence-electron chi connectivity index (χ2n) is 18.2. The summed E-state index contributed by atoms with van der Waals surface area (Å²) in [5.74, 6) is -0.396. The summed E-state index contributed by atoms with van der Waals surface area (Å²) in [6.07, 6.45) is 68.5. The van der Waals surface area contributed by atoms with Gasteiger partial charge < -0.3 is 24.6 Å². The Morgan fingerprint density at radius 2 is 0.838 bits per heavy atom. The zero-order chi connectivity index (χ0) is 49.5. The van der Waals surface area contributed by atoms with Gasteiger partial charge in [0, 0.05) is 13.0 Å². The summed E-state index contributed by atoms with van der Waals surface area (Å²) >= 11 is 0. The van der Waals surface area contributed by atoms with E-state index in [1.54, 1.807) is 0 Å². The number of carbonyl (C=O) groups is 1. The van der Waals surface area contributed by atoms with Crippen LogP contribution < -0.4 is 0 Å². The molecule has 10 heteroatoms. The minimum Gasteiger partial charge on any atom is -0.457 e. The SMILES string of the molecule is CC/C=C\C/C=C\C/C=C\C/C=C\C/C=C\C/C=C\C/C=C\CCCCOCC(COP(=O)(O)OCC(O)CO)OC(=O)CCCCCCCCCCCCCCCCCCCCCCCCC. The summed E-state index contributed by atoms with van der Waals surface area (Å²) in [5.41, 5.74) is 0. The number of phosphoric acid groups is 1. The van der Waals surface area contributed by atoms with Gasteiger partial charge >= 0.3 is 13.8 Å². The average molecular weight is 975 g/mol. The molecule has 0 heterocycles.